The molecule has 4 rings (SSSR count). The molecule has 2 saturated carbocycles. The summed E-state index contributed by atoms with van der Waals surface area (Å²) in [6.45, 7) is 0. The molecular formula is C21H22O. The molecule has 0 amide bonds. The summed E-state index contributed by atoms with van der Waals surface area (Å²) in [5.74, 6) is 1.38. The van der Waals surface area contributed by atoms with Gasteiger partial charge in [0.25, 0.3) is 0 Å². The Bertz CT molecular complexity index is 661. The van der Waals surface area contributed by atoms with E-state index in [0.717, 1.165) is 12.0 Å². The number of carbonyl (C=O) groups excluding carboxylic acids is 1. The van der Waals surface area contributed by atoms with Gasteiger partial charge in [-0.15, -0.1) is 0 Å². The summed E-state index contributed by atoms with van der Waals surface area (Å²) in [7, 11) is 0. The van der Waals surface area contributed by atoms with Crippen LogP contribution in [0.1, 0.15) is 53.9 Å². The van der Waals surface area contributed by atoms with E-state index >= 15 is 0 Å². The molecule has 0 aliphatic heterocycles. The van der Waals surface area contributed by atoms with Gasteiger partial charge in [0, 0.05) is 11.0 Å². The molecule has 2 aromatic rings. The normalized spacial score (nSPS) is 30.2. The summed E-state index contributed by atoms with van der Waals surface area (Å²) >= 11 is 0. The molecule has 0 aromatic heterocycles. The van der Waals surface area contributed by atoms with Gasteiger partial charge >= 0.3 is 0 Å². The van der Waals surface area contributed by atoms with Gasteiger partial charge in [0.15, 0.2) is 5.78 Å². The van der Waals surface area contributed by atoms with Crippen molar-refractivity contribution in [1.29, 1.82) is 0 Å². The minimum absolute atomic E-state index is 0.138. The SMILES string of the molecule is O=C(c1ccccc1)C12CCCCC1CC2c1ccccc1. The lowest BCUT2D eigenvalue weighted by Gasteiger charge is -2.58. The second-order valence-electron chi connectivity index (χ2n) is 6.88. The highest BCUT2D eigenvalue weighted by Gasteiger charge is 2.60. The molecule has 1 nitrogen and oxygen atoms in total. The van der Waals surface area contributed by atoms with Crippen molar-refractivity contribution in [2.45, 2.75) is 38.0 Å². The van der Waals surface area contributed by atoms with Crippen molar-refractivity contribution in [1.82, 2.24) is 0 Å². The Morgan fingerprint density at radius 2 is 1.59 bits per heavy atom. The van der Waals surface area contributed by atoms with Crippen LogP contribution in [0.15, 0.2) is 60.7 Å². The molecule has 2 aromatic carbocycles. The summed E-state index contributed by atoms with van der Waals surface area (Å²) < 4.78 is 0. The fourth-order valence-electron chi connectivity index (χ4n) is 4.83. The fraction of sp³-hybridized carbons (Fsp3) is 0.381. The van der Waals surface area contributed by atoms with E-state index in [2.05, 4.69) is 30.3 Å². The highest BCUT2D eigenvalue weighted by Crippen LogP contribution is 2.64. The molecule has 0 saturated heterocycles. The van der Waals surface area contributed by atoms with Gasteiger partial charge < -0.3 is 0 Å². The topological polar surface area (TPSA) is 17.1 Å². The summed E-state index contributed by atoms with van der Waals surface area (Å²) in [5, 5.41) is 0. The molecule has 0 bridgehead atoms. The third kappa shape index (κ3) is 1.95. The molecule has 0 spiro atoms. The minimum atomic E-state index is -0.138. The van der Waals surface area contributed by atoms with Gasteiger partial charge in [-0.2, -0.15) is 0 Å². The van der Waals surface area contributed by atoms with Crippen LogP contribution in [-0.2, 0) is 0 Å². The molecule has 22 heavy (non-hydrogen) atoms. The first-order valence-electron chi connectivity index (χ1n) is 8.47. The van der Waals surface area contributed by atoms with Gasteiger partial charge in [0.05, 0.1) is 0 Å². The van der Waals surface area contributed by atoms with Crippen LogP contribution in [-0.4, -0.2) is 5.78 Å². The Kier molecular flexibility index (Phi) is 3.37. The highest BCUT2D eigenvalue weighted by molar-refractivity contribution is 6.02. The van der Waals surface area contributed by atoms with E-state index in [0.29, 0.717) is 17.6 Å². The number of fused-ring (bicyclic) bond motifs is 1. The number of rotatable bonds is 3. The number of Topliss-reactive ketones (excluding diaryl/α,β-unsaturated/α-hetero) is 1. The van der Waals surface area contributed by atoms with Crippen LogP contribution in [0.3, 0.4) is 0 Å². The van der Waals surface area contributed by atoms with Gasteiger partial charge in [-0.1, -0.05) is 73.5 Å². The van der Waals surface area contributed by atoms with Crippen LogP contribution in [0.5, 0.6) is 0 Å². The first-order chi connectivity index (χ1) is 10.8. The molecular weight excluding hydrogens is 268 g/mol. The molecule has 1 heteroatoms. The maximum atomic E-state index is 13.4. The average molecular weight is 290 g/mol. The van der Waals surface area contributed by atoms with E-state index in [9.17, 15) is 4.79 Å². The smallest absolute Gasteiger partial charge is 0.169 e. The fourth-order valence-corrected chi connectivity index (χ4v) is 4.83. The van der Waals surface area contributed by atoms with Crippen molar-refractivity contribution >= 4 is 5.78 Å². The second-order valence-corrected chi connectivity index (χ2v) is 6.88. The van der Waals surface area contributed by atoms with Crippen molar-refractivity contribution in [2.24, 2.45) is 11.3 Å². The number of hydrogen-bond acceptors (Lipinski definition) is 1. The van der Waals surface area contributed by atoms with E-state index in [1.165, 1.54) is 31.2 Å². The number of benzene rings is 2. The van der Waals surface area contributed by atoms with Crippen LogP contribution in [0.4, 0.5) is 0 Å². The van der Waals surface area contributed by atoms with Crippen LogP contribution in [0.2, 0.25) is 0 Å². The zero-order valence-corrected chi connectivity index (χ0v) is 12.9. The van der Waals surface area contributed by atoms with Crippen LogP contribution in [0, 0.1) is 11.3 Å². The molecule has 2 aliphatic carbocycles. The third-order valence-corrected chi connectivity index (χ3v) is 5.92. The quantitative estimate of drug-likeness (QED) is 0.707. The molecule has 2 aliphatic rings. The Morgan fingerprint density at radius 1 is 0.909 bits per heavy atom. The second kappa shape index (κ2) is 5.39. The van der Waals surface area contributed by atoms with Crippen molar-refractivity contribution in [3.63, 3.8) is 0 Å². The number of hydrogen-bond donors (Lipinski definition) is 0. The summed E-state index contributed by atoms with van der Waals surface area (Å²) in [6.07, 6.45) is 5.95. The molecule has 3 unspecified atom stereocenters. The monoisotopic (exact) mass is 290 g/mol. The predicted octanol–water partition coefficient (Wildman–Crippen LogP) is 5.23. The van der Waals surface area contributed by atoms with Gasteiger partial charge in [0.1, 0.15) is 0 Å². The Balaban J connectivity index is 1.75. The van der Waals surface area contributed by atoms with Gasteiger partial charge in [-0.05, 0) is 36.7 Å². The highest BCUT2D eigenvalue weighted by atomic mass is 16.1. The standard InChI is InChI=1S/C21H22O/c22-20(17-11-5-2-6-12-17)21-14-8-7-13-18(21)15-19(21)16-9-3-1-4-10-16/h1-6,9-12,18-19H,7-8,13-15H2. The third-order valence-electron chi connectivity index (χ3n) is 5.92. The van der Waals surface area contributed by atoms with Crippen molar-refractivity contribution in [3.05, 3.63) is 71.8 Å². The van der Waals surface area contributed by atoms with Crippen LogP contribution >= 0.6 is 0 Å². The maximum absolute atomic E-state index is 13.4. The van der Waals surface area contributed by atoms with E-state index in [-0.39, 0.29) is 5.41 Å². The molecule has 3 atom stereocenters. The Labute approximate surface area is 132 Å². The van der Waals surface area contributed by atoms with E-state index in [1.807, 2.05) is 30.3 Å². The Morgan fingerprint density at radius 3 is 2.27 bits per heavy atom. The van der Waals surface area contributed by atoms with Crippen LogP contribution < -0.4 is 0 Å². The van der Waals surface area contributed by atoms with Gasteiger partial charge in [-0.3, -0.25) is 4.79 Å². The molecule has 0 heterocycles. The van der Waals surface area contributed by atoms with E-state index < -0.39 is 0 Å². The number of ketones is 1. The van der Waals surface area contributed by atoms with E-state index in [4.69, 9.17) is 0 Å². The minimum Gasteiger partial charge on any atom is -0.294 e. The Hall–Kier alpha value is -1.89. The summed E-state index contributed by atoms with van der Waals surface area (Å²) in [5.41, 5.74) is 2.11. The zero-order chi connectivity index (χ0) is 15.0. The zero-order valence-electron chi connectivity index (χ0n) is 12.9. The van der Waals surface area contributed by atoms with Crippen LogP contribution in [0.25, 0.3) is 0 Å². The lowest BCUT2D eigenvalue weighted by atomic mass is 9.44. The van der Waals surface area contributed by atoms with Gasteiger partial charge in [0.2, 0.25) is 0 Å². The molecule has 0 N–H and O–H groups in total. The lowest BCUT2D eigenvalue weighted by molar-refractivity contribution is -0.0212. The number of carbonyl (C=O) groups is 1. The van der Waals surface area contributed by atoms with Gasteiger partial charge in [-0.25, -0.2) is 0 Å². The van der Waals surface area contributed by atoms with E-state index in [1.54, 1.807) is 0 Å². The lowest BCUT2D eigenvalue weighted by Crippen LogP contribution is -2.54. The maximum Gasteiger partial charge on any atom is 0.169 e. The first kappa shape index (κ1) is 13.8. The van der Waals surface area contributed by atoms with Crippen molar-refractivity contribution < 1.29 is 4.79 Å². The summed E-state index contributed by atoms with van der Waals surface area (Å²) in [6, 6.07) is 20.6. The van der Waals surface area contributed by atoms with Crippen molar-refractivity contribution in [3.8, 4) is 0 Å². The molecule has 2 fully saturated rings. The first-order valence-corrected chi connectivity index (χ1v) is 8.47. The predicted molar refractivity (Wildman–Crippen MR) is 89.0 cm³/mol. The average Bonchev–Trinajstić information content (AvgIpc) is 2.57. The van der Waals surface area contributed by atoms with Crippen molar-refractivity contribution in [2.75, 3.05) is 0 Å². The molecule has 0 radical (unpaired) electrons. The summed E-state index contributed by atoms with van der Waals surface area (Å²) in [4.78, 5) is 13.4. The molecule has 112 valence electrons. The largest absolute Gasteiger partial charge is 0.294 e.